The Bertz CT molecular complexity index is 378. The highest BCUT2D eigenvalue weighted by Crippen LogP contribution is 2.14. The van der Waals surface area contributed by atoms with Gasteiger partial charge in [0.25, 0.3) is 5.56 Å². The second-order valence-corrected chi connectivity index (χ2v) is 5.24. The van der Waals surface area contributed by atoms with Gasteiger partial charge < -0.3 is 0 Å². The standard InChI is InChI=1S/C12H21N3OS/c1-3-4-5-6-7-8-9-17-12-13-11(16)10(2)14-15-12/h3-9H2,1-2H3,(H,13,15,16). The number of nitrogens with one attached hydrogen (secondary N) is 1. The summed E-state index contributed by atoms with van der Waals surface area (Å²) < 4.78 is 0. The summed E-state index contributed by atoms with van der Waals surface area (Å²) in [5, 5.41) is 8.38. The third-order valence-electron chi connectivity index (χ3n) is 2.58. The highest BCUT2D eigenvalue weighted by molar-refractivity contribution is 7.99. The van der Waals surface area contributed by atoms with E-state index < -0.39 is 0 Å². The van der Waals surface area contributed by atoms with Crippen LogP contribution in [0.5, 0.6) is 0 Å². The van der Waals surface area contributed by atoms with E-state index in [1.807, 2.05) is 0 Å². The molecule has 96 valence electrons. The second kappa shape index (κ2) is 8.28. The van der Waals surface area contributed by atoms with Gasteiger partial charge in [0.2, 0.25) is 0 Å². The second-order valence-electron chi connectivity index (χ2n) is 4.16. The van der Waals surface area contributed by atoms with Crippen LogP contribution < -0.4 is 5.56 Å². The van der Waals surface area contributed by atoms with Gasteiger partial charge in [-0.25, -0.2) is 0 Å². The molecule has 0 radical (unpaired) electrons. The van der Waals surface area contributed by atoms with Crippen molar-refractivity contribution in [1.82, 2.24) is 15.2 Å². The Morgan fingerprint density at radius 2 is 1.82 bits per heavy atom. The molecule has 0 aliphatic heterocycles. The van der Waals surface area contributed by atoms with E-state index in [4.69, 9.17) is 0 Å². The summed E-state index contributed by atoms with van der Waals surface area (Å²) in [4.78, 5) is 14.0. The number of aromatic nitrogens is 3. The fourth-order valence-corrected chi connectivity index (χ4v) is 2.30. The Balaban J connectivity index is 2.14. The maximum Gasteiger partial charge on any atom is 0.273 e. The first-order chi connectivity index (χ1) is 8.24. The molecule has 0 saturated heterocycles. The molecule has 0 aromatic carbocycles. The fraction of sp³-hybridized carbons (Fsp3) is 0.750. The van der Waals surface area contributed by atoms with Crippen molar-refractivity contribution in [2.75, 3.05) is 5.75 Å². The molecular formula is C12H21N3OS. The van der Waals surface area contributed by atoms with Crippen molar-refractivity contribution in [3.05, 3.63) is 16.0 Å². The number of unbranched alkanes of at least 4 members (excludes halogenated alkanes) is 5. The number of hydrogen-bond acceptors (Lipinski definition) is 4. The summed E-state index contributed by atoms with van der Waals surface area (Å²) in [5.74, 6) is 1.000. The van der Waals surface area contributed by atoms with Gasteiger partial charge in [0, 0.05) is 5.75 Å². The van der Waals surface area contributed by atoms with Crippen LogP contribution in [0.4, 0.5) is 0 Å². The Kier molecular flexibility index (Phi) is 6.93. The number of H-pyrrole nitrogens is 1. The van der Waals surface area contributed by atoms with Crippen LogP contribution in [0.1, 0.15) is 51.1 Å². The lowest BCUT2D eigenvalue weighted by Gasteiger charge is -2.01. The Morgan fingerprint density at radius 3 is 2.53 bits per heavy atom. The van der Waals surface area contributed by atoms with Gasteiger partial charge in [0.15, 0.2) is 5.16 Å². The minimum absolute atomic E-state index is 0.134. The number of rotatable bonds is 8. The smallest absolute Gasteiger partial charge is 0.273 e. The van der Waals surface area contributed by atoms with E-state index in [2.05, 4.69) is 22.1 Å². The molecule has 0 fully saturated rings. The van der Waals surface area contributed by atoms with Crippen LogP contribution in [0.3, 0.4) is 0 Å². The molecule has 1 N–H and O–H groups in total. The average Bonchev–Trinajstić information content (AvgIpc) is 2.32. The summed E-state index contributed by atoms with van der Waals surface area (Å²) in [6.07, 6.45) is 7.70. The quantitative estimate of drug-likeness (QED) is 0.573. The number of hydrogen-bond donors (Lipinski definition) is 1. The van der Waals surface area contributed by atoms with Crippen LogP contribution in [0.15, 0.2) is 9.95 Å². The van der Waals surface area contributed by atoms with Crippen LogP contribution >= 0.6 is 11.8 Å². The highest BCUT2D eigenvalue weighted by atomic mass is 32.2. The van der Waals surface area contributed by atoms with E-state index in [1.54, 1.807) is 18.7 Å². The Hall–Kier alpha value is -0.840. The van der Waals surface area contributed by atoms with E-state index >= 15 is 0 Å². The molecule has 1 aromatic rings. The molecule has 17 heavy (non-hydrogen) atoms. The summed E-state index contributed by atoms with van der Waals surface area (Å²) >= 11 is 1.58. The first-order valence-corrected chi connectivity index (χ1v) is 7.29. The van der Waals surface area contributed by atoms with Crippen molar-refractivity contribution in [1.29, 1.82) is 0 Å². The molecular weight excluding hydrogens is 234 g/mol. The molecule has 0 saturated carbocycles. The van der Waals surface area contributed by atoms with Gasteiger partial charge in [-0.1, -0.05) is 50.8 Å². The van der Waals surface area contributed by atoms with E-state index in [1.165, 1.54) is 38.5 Å². The zero-order valence-electron chi connectivity index (χ0n) is 10.7. The predicted molar refractivity (Wildman–Crippen MR) is 71.5 cm³/mol. The lowest BCUT2D eigenvalue weighted by molar-refractivity contribution is 0.626. The largest absolute Gasteiger partial charge is 0.298 e. The molecule has 5 heteroatoms. The molecule has 1 heterocycles. The van der Waals surface area contributed by atoms with Gasteiger partial charge in [-0.3, -0.25) is 9.78 Å². The molecule has 0 aliphatic carbocycles. The Labute approximate surface area is 107 Å². The van der Waals surface area contributed by atoms with Gasteiger partial charge in [-0.2, -0.15) is 0 Å². The van der Waals surface area contributed by atoms with Gasteiger partial charge in [0.1, 0.15) is 5.69 Å². The number of thioether (sulfide) groups is 1. The van der Waals surface area contributed by atoms with Crippen LogP contribution in [-0.4, -0.2) is 20.9 Å². The molecule has 0 atom stereocenters. The molecule has 0 spiro atoms. The van der Waals surface area contributed by atoms with E-state index in [0.717, 1.165) is 5.75 Å². The molecule has 0 unspecified atom stereocenters. The highest BCUT2D eigenvalue weighted by Gasteiger charge is 2.00. The van der Waals surface area contributed by atoms with E-state index in [9.17, 15) is 4.79 Å². The van der Waals surface area contributed by atoms with Crippen LogP contribution in [0.25, 0.3) is 0 Å². The van der Waals surface area contributed by atoms with Crippen molar-refractivity contribution < 1.29 is 0 Å². The zero-order chi connectivity index (χ0) is 12.5. The molecule has 0 bridgehead atoms. The minimum Gasteiger partial charge on any atom is -0.298 e. The van der Waals surface area contributed by atoms with Gasteiger partial charge in [-0.05, 0) is 13.3 Å². The normalized spacial score (nSPS) is 10.7. The lowest BCUT2D eigenvalue weighted by atomic mass is 10.1. The third-order valence-corrected chi connectivity index (χ3v) is 3.53. The van der Waals surface area contributed by atoms with Crippen LogP contribution in [0, 0.1) is 6.92 Å². The fourth-order valence-electron chi connectivity index (χ4n) is 1.49. The molecule has 1 rings (SSSR count). The zero-order valence-corrected chi connectivity index (χ0v) is 11.5. The summed E-state index contributed by atoms with van der Waals surface area (Å²) in [7, 11) is 0. The summed E-state index contributed by atoms with van der Waals surface area (Å²) in [5.41, 5.74) is 0.291. The maximum atomic E-state index is 11.3. The molecule has 4 nitrogen and oxygen atoms in total. The van der Waals surface area contributed by atoms with E-state index in [0.29, 0.717) is 10.9 Å². The van der Waals surface area contributed by atoms with Crippen LogP contribution in [0.2, 0.25) is 0 Å². The van der Waals surface area contributed by atoms with Crippen LogP contribution in [-0.2, 0) is 0 Å². The van der Waals surface area contributed by atoms with Gasteiger partial charge >= 0.3 is 0 Å². The third kappa shape index (κ3) is 5.86. The van der Waals surface area contributed by atoms with Crippen molar-refractivity contribution in [3.63, 3.8) is 0 Å². The van der Waals surface area contributed by atoms with Crippen molar-refractivity contribution >= 4 is 11.8 Å². The molecule has 0 aliphatic rings. The SMILES string of the molecule is CCCCCCCCSc1nnc(C)c(=O)[nH]1. The topological polar surface area (TPSA) is 58.6 Å². The number of nitrogens with zero attached hydrogens (tertiary/aromatic N) is 2. The maximum absolute atomic E-state index is 11.3. The minimum atomic E-state index is -0.134. The van der Waals surface area contributed by atoms with Crippen molar-refractivity contribution in [2.45, 2.75) is 57.5 Å². The first-order valence-electron chi connectivity index (χ1n) is 6.30. The lowest BCUT2D eigenvalue weighted by Crippen LogP contribution is -2.14. The van der Waals surface area contributed by atoms with Crippen molar-refractivity contribution in [2.24, 2.45) is 0 Å². The van der Waals surface area contributed by atoms with Gasteiger partial charge in [0.05, 0.1) is 0 Å². The van der Waals surface area contributed by atoms with E-state index in [-0.39, 0.29) is 5.56 Å². The van der Waals surface area contributed by atoms with Crippen molar-refractivity contribution in [3.8, 4) is 0 Å². The van der Waals surface area contributed by atoms with Gasteiger partial charge in [-0.15, -0.1) is 10.2 Å². The Morgan fingerprint density at radius 1 is 1.12 bits per heavy atom. The number of aryl methyl sites for hydroxylation is 1. The summed E-state index contributed by atoms with van der Waals surface area (Å²) in [6, 6.07) is 0. The molecule has 1 aromatic heterocycles. The number of aromatic amines is 1. The molecule has 0 amide bonds. The predicted octanol–water partition coefficient (Wildman–Crippen LogP) is 2.93. The summed E-state index contributed by atoms with van der Waals surface area (Å²) in [6.45, 7) is 3.89. The average molecular weight is 255 g/mol. The monoisotopic (exact) mass is 255 g/mol. The first kappa shape index (κ1) is 14.2.